The maximum Gasteiger partial charge on any atom is 0.466 e. The van der Waals surface area contributed by atoms with Crippen LogP contribution in [0.3, 0.4) is 0 Å². The lowest BCUT2D eigenvalue weighted by Gasteiger charge is -2.01. The molecule has 0 radical (unpaired) electrons. The second-order valence-corrected chi connectivity index (χ2v) is 11.3. The van der Waals surface area contributed by atoms with Gasteiger partial charge in [0.1, 0.15) is 12.4 Å². The van der Waals surface area contributed by atoms with Crippen molar-refractivity contribution in [2.75, 3.05) is 0 Å². The van der Waals surface area contributed by atoms with E-state index in [4.69, 9.17) is 115 Å². The van der Waals surface area contributed by atoms with Crippen LogP contribution < -0.4 is 9.46 Å². The van der Waals surface area contributed by atoms with Gasteiger partial charge in [-0.25, -0.2) is 32.4 Å². The molecule has 0 aliphatic rings. The molecule has 0 aliphatic heterocycles. The fourth-order valence-corrected chi connectivity index (χ4v) is 0.635. The molecule has 230 valence electrons. The quantitative estimate of drug-likeness (QED) is 0.0868. The average Bonchev–Trinajstić information content (AvgIpc) is 2.70. The number of nitrogens with one attached hydrogen (secondary N) is 1. The summed E-state index contributed by atoms with van der Waals surface area (Å²) in [5, 5.41) is 0. The first-order valence-corrected chi connectivity index (χ1v) is 16.8. The van der Waals surface area contributed by atoms with Crippen LogP contribution in [0.1, 0.15) is 0 Å². The molecule has 1 aromatic heterocycles. The normalized spacial score (nSPS) is 11.4. The fourth-order valence-electron chi connectivity index (χ4n) is 0.385. The van der Waals surface area contributed by atoms with E-state index in [0.29, 0.717) is 0 Å². The molecule has 0 bridgehead atoms. The molecule has 1 aromatic rings. The summed E-state index contributed by atoms with van der Waals surface area (Å²) in [5.74, 6) is 0. The van der Waals surface area contributed by atoms with Gasteiger partial charge in [0.2, 0.25) is 0 Å². The third-order valence-corrected chi connectivity index (χ3v) is 1.60. The maximum atomic E-state index is 8.88. The molecule has 18 N–H and O–H groups in total. The molecule has 0 spiro atoms. The second-order valence-electron chi connectivity index (χ2n) is 4.42. The summed E-state index contributed by atoms with van der Waals surface area (Å²) in [6, 6.07) is 0. The molecule has 0 saturated heterocycles. The van der Waals surface area contributed by atoms with E-state index in [1.807, 2.05) is 24.0 Å². The van der Waals surface area contributed by atoms with Crippen molar-refractivity contribution in [1.29, 1.82) is 0 Å². The summed E-state index contributed by atoms with van der Waals surface area (Å²) in [6.45, 7) is 0. The van der Waals surface area contributed by atoms with E-state index in [1.165, 1.54) is 0 Å². The zero-order valence-corrected chi connectivity index (χ0v) is 24.1. The van der Waals surface area contributed by atoms with Crippen molar-refractivity contribution in [1.82, 2.24) is 4.98 Å². The van der Waals surface area contributed by atoms with Gasteiger partial charge in [0.25, 0.3) is 7.82 Å². The van der Waals surface area contributed by atoms with Crippen LogP contribution in [0.5, 0.6) is 0 Å². The minimum Gasteiger partial charge on any atom is -0.756 e. The number of hydrogen-bond acceptors (Lipinski definition) is 7. The van der Waals surface area contributed by atoms with Crippen LogP contribution in [0, 0.1) is 0 Å². The van der Waals surface area contributed by atoms with Gasteiger partial charge in [-0.15, -0.1) is 0 Å². The Hall–Kier alpha value is 0.350. The SMILES string of the molecule is C[n+]1cc[nH]c1Br.O=P(O)(O)O.O=P(O)(O)O.O=P(O)(O)O.O=P(O)(O)O.O=P(O)(O)O.O=P([O-])(O)O. The van der Waals surface area contributed by atoms with Gasteiger partial charge in [0, 0.05) is 15.9 Å². The van der Waals surface area contributed by atoms with E-state index in [9.17, 15) is 0 Å². The molecule has 37 heavy (non-hydrogen) atoms. The van der Waals surface area contributed by atoms with E-state index >= 15 is 0 Å². The van der Waals surface area contributed by atoms with Crippen molar-refractivity contribution in [3.63, 3.8) is 0 Å². The Morgan fingerprint density at radius 3 is 0.757 bits per heavy atom. The maximum absolute atomic E-state index is 8.88. The number of hydrogen-bond donors (Lipinski definition) is 18. The Labute approximate surface area is 212 Å². The Bertz CT molecular complexity index is 748. The first-order valence-electron chi connectivity index (χ1n) is 6.67. The first-order chi connectivity index (χ1) is 15.3. The van der Waals surface area contributed by atoms with Crippen LogP contribution in [0.15, 0.2) is 17.1 Å². The van der Waals surface area contributed by atoms with Gasteiger partial charge in [-0.3, -0.25) is 4.57 Å². The number of halogens is 1. The van der Waals surface area contributed by atoms with Crippen molar-refractivity contribution in [2.24, 2.45) is 7.05 Å². The summed E-state index contributed by atoms with van der Waals surface area (Å²) >= 11 is 3.27. The fraction of sp³-hybridized carbons (Fsp3) is 0.250. The van der Waals surface area contributed by atoms with Crippen molar-refractivity contribution in [3.8, 4) is 0 Å². The summed E-state index contributed by atoms with van der Waals surface area (Å²) in [7, 11) is -26.1. The summed E-state index contributed by atoms with van der Waals surface area (Å²) in [5.41, 5.74) is 0. The molecule has 0 unspecified atom stereocenters. The van der Waals surface area contributed by atoms with Crippen LogP contribution in [-0.4, -0.2) is 88.2 Å². The lowest BCUT2D eigenvalue weighted by atomic mass is 10.9. The predicted octanol–water partition coefficient (Wildman–Crippen LogP) is -5.60. The molecule has 0 amide bonds. The Balaban J connectivity index is -0.0000000762. The van der Waals surface area contributed by atoms with E-state index < -0.39 is 46.9 Å². The number of nitrogens with zero attached hydrogens (tertiary/aromatic N) is 1. The second kappa shape index (κ2) is 22.1. The van der Waals surface area contributed by atoms with Gasteiger partial charge >= 0.3 is 43.8 Å². The molecule has 0 atom stereocenters. The van der Waals surface area contributed by atoms with Crippen LogP contribution in [0.25, 0.3) is 0 Å². The summed E-state index contributed by atoms with van der Waals surface area (Å²) < 4.78 is 56.1. The number of imidazole rings is 1. The zero-order chi connectivity index (χ0) is 32.3. The average molecular weight is 749 g/mol. The van der Waals surface area contributed by atoms with E-state index in [-0.39, 0.29) is 0 Å². The Morgan fingerprint density at radius 2 is 0.730 bits per heavy atom. The number of aromatic amines is 1. The Kier molecular flexibility index (Phi) is 30.0. The highest BCUT2D eigenvalue weighted by atomic mass is 79.9. The molecule has 0 aliphatic carbocycles. The third-order valence-electron chi connectivity index (χ3n) is 0.810. The lowest BCUT2D eigenvalue weighted by molar-refractivity contribution is -0.681. The van der Waals surface area contributed by atoms with Crippen molar-refractivity contribution in [3.05, 3.63) is 17.1 Å². The molecule has 1 rings (SSSR count). The number of H-pyrrole nitrogens is 1. The third kappa shape index (κ3) is 400. The topological polar surface area (TPSA) is 489 Å². The number of aromatic nitrogens is 2. The highest BCUT2D eigenvalue weighted by Gasteiger charge is 2.02. The van der Waals surface area contributed by atoms with Gasteiger partial charge < -0.3 is 88.1 Å². The van der Waals surface area contributed by atoms with Crippen LogP contribution >= 0.6 is 62.9 Å². The first kappa shape index (κ1) is 50.2. The largest absolute Gasteiger partial charge is 0.756 e. The minimum absolute atomic E-state index is 0.993. The molecule has 0 aromatic carbocycles. The standard InChI is InChI=1S/C4H5BrN2.6H3O4P/c1-7-3-2-6-4(7)5;6*1-5(2,3)4/h2-3H,1H3;6*(H3,1,2,3,4). The molecule has 1 heterocycles. The number of aryl methyl sites for hydroxylation is 1. The van der Waals surface area contributed by atoms with Crippen LogP contribution in [0.2, 0.25) is 0 Å². The van der Waals surface area contributed by atoms with Gasteiger partial charge in [0.15, 0.2) is 0 Å². The molecular formula is C4H23BrN2O24P6. The van der Waals surface area contributed by atoms with Crippen molar-refractivity contribution in [2.45, 2.75) is 0 Å². The van der Waals surface area contributed by atoms with Crippen molar-refractivity contribution < 1.29 is 120 Å². The van der Waals surface area contributed by atoms with Crippen LogP contribution in [-0.2, 0) is 34.4 Å². The number of phosphoric acid groups is 6. The number of rotatable bonds is 0. The van der Waals surface area contributed by atoms with Gasteiger partial charge in [-0.2, -0.15) is 0 Å². The smallest absolute Gasteiger partial charge is 0.466 e. The molecule has 33 heteroatoms. The van der Waals surface area contributed by atoms with E-state index in [0.717, 1.165) is 4.73 Å². The van der Waals surface area contributed by atoms with E-state index in [1.54, 1.807) is 0 Å². The van der Waals surface area contributed by atoms with E-state index in [2.05, 4.69) is 20.9 Å². The molecular weight excluding hydrogens is 726 g/mol. The molecule has 26 nitrogen and oxygen atoms in total. The predicted molar refractivity (Wildman–Crippen MR) is 113 cm³/mol. The Morgan fingerprint density at radius 1 is 0.595 bits per heavy atom. The monoisotopic (exact) mass is 748 g/mol. The minimum atomic E-state index is -4.89. The van der Waals surface area contributed by atoms with Gasteiger partial charge in [-0.05, 0) is 0 Å². The van der Waals surface area contributed by atoms with Crippen LogP contribution in [0.4, 0.5) is 0 Å². The van der Waals surface area contributed by atoms with Gasteiger partial charge in [0.05, 0.1) is 7.05 Å². The highest BCUT2D eigenvalue weighted by Crippen LogP contribution is 2.27. The van der Waals surface area contributed by atoms with Crippen molar-refractivity contribution >= 4 is 62.9 Å². The summed E-state index contributed by atoms with van der Waals surface area (Å²) in [6.07, 6.45) is 3.80. The van der Waals surface area contributed by atoms with Gasteiger partial charge in [-0.1, -0.05) is 0 Å². The zero-order valence-electron chi connectivity index (χ0n) is 17.1. The summed E-state index contributed by atoms with van der Waals surface area (Å²) in [4.78, 5) is 134. The lowest BCUT2D eigenvalue weighted by Crippen LogP contribution is -2.25. The highest BCUT2D eigenvalue weighted by molar-refractivity contribution is 9.10. The molecule has 0 saturated carbocycles. The molecule has 0 fully saturated rings.